The van der Waals surface area contributed by atoms with Gasteiger partial charge in [0.15, 0.2) is 0 Å². The predicted molar refractivity (Wildman–Crippen MR) is 154 cm³/mol. The zero-order valence-electron chi connectivity index (χ0n) is 23.5. The summed E-state index contributed by atoms with van der Waals surface area (Å²) in [5.74, 6) is -1.40. The van der Waals surface area contributed by atoms with Gasteiger partial charge in [0.05, 0.1) is 18.2 Å². The van der Waals surface area contributed by atoms with Crippen LogP contribution in [0.25, 0.3) is 0 Å². The summed E-state index contributed by atoms with van der Waals surface area (Å²) in [6, 6.07) is 23.5. The van der Waals surface area contributed by atoms with Crippen LogP contribution in [0.5, 0.6) is 0 Å². The number of esters is 2. The monoisotopic (exact) mass is 557 g/mol. The molecule has 0 aromatic heterocycles. The molecule has 1 aliphatic heterocycles. The summed E-state index contributed by atoms with van der Waals surface area (Å²) in [5.41, 5.74) is 1.71. The number of anilines is 1. The summed E-state index contributed by atoms with van der Waals surface area (Å²) in [4.78, 5) is 53.1. The number of benzene rings is 3. The minimum atomic E-state index is -0.754. The summed E-state index contributed by atoms with van der Waals surface area (Å²) in [7, 11) is 0. The van der Waals surface area contributed by atoms with Crippen molar-refractivity contribution in [2.24, 2.45) is 0 Å². The van der Waals surface area contributed by atoms with Gasteiger partial charge in [-0.3, -0.25) is 4.79 Å². The van der Waals surface area contributed by atoms with Crippen molar-refractivity contribution in [2.75, 3.05) is 11.9 Å². The first-order chi connectivity index (χ1) is 19.6. The smallest absolute Gasteiger partial charge is 0.338 e. The molecule has 0 aliphatic carbocycles. The van der Waals surface area contributed by atoms with E-state index in [1.54, 1.807) is 39.0 Å². The summed E-state index contributed by atoms with van der Waals surface area (Å²) in [5, 5.41) is 5.22. The van der Waals surface area contributed by atoms with Gasteiger partial charge in [0.1, 0.15) is 18.2 Å². The highest BCUT2D eigenvalue weighted by Gasteiger charge is 2.43. The lowest BCUT2D eigenvalue weighted by atomic mass is 10.0. The highest BCUT2D eigenvalue weighted by Crippen LogP contribution is 2.37. The number of likely N-dealkylation sites (tertiary alicyclic amines) is 1. The van der Waals surface area contributed by atoms with E-state index in [4.69, 9.17) is 9.47 Å². The number of amides is 3. The maximum absolute atomic E-state index is 13.4. The first-order valence-electron chi connectivity index (χ1n) is 13.6. The van der Waals surface area contributed by atoms with E-state index in [1.807, 2.05) is 60.7 Å². The first-order valence-corrected chi connectivity index (χ1v) is 13.6. The number of hydrogen-bond acceptors (Lipinski definition) is 6. The van der Waals surface area contributed by atoms with E-state index in [1.165, 1.54) is 11.0 Å². The zero-order valence-corrected chi connectivity index (χ0v) is 23.5. The average Bonchev–Trinajstić information content (AvgIpc) is 3.41. The quantitative estimate of drug-likeness (QED) is 0.366. The Kier molecular flexibility index (Phi) is 9.39. The van der Waals surface area contributed by atoms with Crippen LogP contribution in [0.3, 0.4) is 0 Å². The molecule has 3 amide bonds. The molecule has 41 heavy (non-hydrogen) atoms. The molecular weight excluding hydrogens is 522 g/mol. The van der Waals surface area contributed by atoms with Gasteiger partial charge in [-0.05, 0) is 62.9 Å². The summed E-state index contributed by atoms with van der Waals surface area (Å²) < 4.78 is 11.0. The normalized spacial score (nSPS) is 16.5. The molecule has 0 saturated carbocycles. The minimum absolute atomic E-state index is 0.130. The van der Waals surface area contributed by atoms with Crippen molar-refractivity contribution in [3.63, 3.8) is 0 Å². The van der Waals surface area contributed by atoms with Gasteiger partial charge in [-0.15, -0.1) is 0 Å². The third-order valence-corrected chi connectivity index (χ3v) is 6.51. The lowest BCUT2D eigenvalue weighted by molar-refractivity contribution is -0.164. The second-order valence-electron chi connectivity index (χ2n) is 10.8. The number of urea groups is 1. The number of carbonyl (C=O) groups excluding carboxylic acids is 4. The summed E-state index contributed by atoms with van der Waals surface area (Å²) in [6.45, 7) is 5.15. The van der Waals surface area contributed by atoms with Crippen LogP contribution in [0.4, 0.5) is 10.5 Å². The van der Waals surface area contributed by atoms with Crippen LogP contribution < -0.4 is 10.6 Å². The molecule has 0 radical (unpaired) electrons. The molecule has 1 unspecified atom stereocenters. The molecule has 2 N–H and O–H groups in total. The largest absolute Gasteiger partial charge is 0.458 e. The van der Waals surface area contributed by atoms with Gasteiger partial charge in [-0.25, -0.2) is 14.4 Å². The molecule has 214 valence electrons. The molecule has 9 nitrogen and oxygen atoms in total. The van der Waals surface area contributed by atoms with Crippen LogP contribution in [0.1, 0.15) is 61.1 Å². The van der Waals surface area contributed by atoms with Gasteiger partial charge in [-0.1, -0.05) is 66.7 Å². The van der Waals surface area contributed by atoms with Gasteiger partial charge >= 0.3 is 18.0 Å². The molecule has 0 bridgehead atoms. The Morgan fingerprint density at radius 2 is 1.56 bits per heavy atom. The van der Waals surface area contributed by atoms with Crippen molar-refractivity contribution in [3.05, 3.63) is 102 Å². The fourth-order valence-corrected chi connectivity index (χ4v) is 4.72. The SMILES string of the molecule is CC(C)(C)OC(=O)[C@@H]1CCC(c2ccccc2)N1C(=O)CNC(=O)Nc1cccc(C(=O)OCc2ccccc2)c1. The summed E-state index contributed by atoms with van der Waals surface area (Å²) >= 11 is 0. The highest BCUT2D eigenvalue weighted by atomic mass is 16.6. The number of rotatable bonds is 8. The van der Waals surface area contributed by atoms with Crippen molar-refractivity contribution in [3.8, 4) is 0 Å². The van der Waals surface area contributed by atoms with Crippen molar-refractivity contribution in [2.45, 2.75) is 57.9 Å². The number of ether oxygens (including phenoxy) is 2. The molecule has 3 aromatic rings. The van der Waals surface area contributed by atoms with E-state index in [0.29, 0.717) is 18.5 Å². The van der Waals surface area contributed by atoms with Crippen LogP contribution in [-0.2, 0) is 25.7 Å². The molecule has 1 aliphatic rings. The Morgan fingerprint density at radius 1 is 0.878 bits per heavy atom. The average molecular weight is 558 g/mol. The van der Waals surface area contributed by atoms with Gasteiger partial charge < -0.3 is 25.0 Å². The fraction of sp³-hybridized carbons (Fsp3) is 0.312. The van der Waals surface area contributed by atoms with E-state index in [-0.39, 0.29) is 24.8 Å². The number of nitrogens with one attached hydrogen (secondary N) is 2. The van der Waals surface area contributed by atoms with E-state index >= 15 is 0 Å². The van der Waals surface area contributed by atoms with E-state index in [9.17, 15) is 19.2 Å². The minimum Gasteiger partial charge on any atom is -0.458 e. The maximum Gasteiger partial charge on any atom is 0.338 e. The third kappa shape index (κ3) is 8.17. The Hall–Kier alpha value is -4.66. The standard InChI is InChI=1S/C32H35N3O6/c1-32(2,3)41-30(38)27-18-17-26(23-13-8-5-9-14-23)35(27)28(36)20-33-31(39)34-25-16-10-15-24(19-25)29(37)40-21-22-11-6-4-7-12-22/h4-16,19,26-27H,17-18,20-21H2,1-3H3,(H2,33,34,39)/t26?,27-/m0/s1. The van der Waals surface area contributed by atoms with Crippen LogP contribution in [-0.4, -0.2) is 47.0 Å². The second-order valence-corrected chi connectivity index (χ2v) is 10.8. The molecular formula is C32H35N3O6. The van der Waals surface area contributed by atoms with E-state index in [2.05, 4.69) is 10.6 Å². The molecule has 0 spiro atoms. The number of hydrogen-bond donors (Lipinski definition) is 2. The van der Waals surface area contributed by atoms with E-state index in [0.717, 1.165) is 11.1 Å². The lowest BCUT2D eigenvalue weighted by Gasteiger charge is -2.31. The molecule has 1 heterocycles. The molecule has 4 rings (SSSR count). The van der Waals surface area contributed by atoms with Crippen molar-refractivity contribution in [1.82, 2.24) is 10.2 Å². The topological polar surface area (TPSA) is 114 Å². The zero-order chi connectivity index (χ0) is 29.4. The Bertz CT molecular complexity index is 1370. The second kappa shape index (κ2) is 13.1. The van der Waals surface area contributed by atoms with E-state index < -0.39 is 35.5 Å². The fourth-order valence-electron chi connectivity index (χ4n) is 4.72. The van der Waals surface area contributed by atoms with Crippen LogP contribution in [0.2, 0.25) is 0 Å². The third-order valence-electron chi connectivity index (χ3n) is 6.51. The maximum atomic E-state index is 13.4. The summed E-state index contributed by atoms with van der Waals surface area (Å²) in [6.07, 6.45) is 1.05. The Morgan fingerprint density at radius 3 is 2.24 bits per heavy atom. The van der Waals surface area contributed by atoms with Crippen molar-refractivity contribution < 1.29 is 28.7 Å². The highest BCUT2D eigenvalue weighted by molar-refractivity contribution is 5.95. The van der Waals surface area contributed by atoms with Crippen LogP contribution >= 0.6 is 0 Å². The molecule has 1 saturated heterocycles. The Labute approximate surface area is 239 Å². The van der Waals surface area contributed by atoms with Gasteiger partial charge in [0.2, 0.25) is 5.91 Å². The van der Waals surface area contributed by atoms with Gasteiger partial charge in [-0.2, -0.15) is 0 Å². The first kappa shape index (κ1) is 29.3. The molecule has 1 fully saturated rings. The number of nitrogens with zero attached hydrogens (tertiary/aromatic N) is 1. The molecule has 3 aromatic carbocycles. The van der Waals surface area contributed by atoms with Crippen molar-refractivity contribution in [1.29, 1.82) is 0 Å². The Balaban J connectivity index is 1.37. The number of carbonyl (C=O) groups is 4. The van der Waals surface area contributed by atoms with Crippen LogP contribution in [0.15, 0.2) is 84.9 Å². The van der Waals surface area contributed by atoms with Crippen LogP contribution in [0, 0.1) is 0 Å². The predicted octanol–water partition coefficient (Wildman–Crippen LogP) is 5.24. The van der Waals surface area contributed by atoms with Crippen molar-refractivity contribution >= 4 is 29.6 Å². The molecule has 2 atom stereocenters. The lowest BCUT2D eigenvalue weighted by Crippen LogP contribution is -2.48. The molecule has 9 heteroatoms. The van der Waals surface area contributed by atoms with Gasteiger partial charge in [0, 0.05) is 5.69 Å². The van der Waals surface area contributed by atoms with Gasteiger partial charge in [0.25, 0.3) is 0 Å².